The third-order valence-electron chi connectivity index (χ3n) is 5.36. The average Bonchev–Trinajstić information content (AvgIpc) is 3.11. The van der Waals surface area contributed by atoms with Gasteiger partial charge < -0.3 is 19.3 Å². The van der Waals surface area contributed by atoms with E-state index in [1.807, 2.05) is 29.2 Å². The molecule has 2 aliphatic rings. The summed E-state index contributed by atoms with van der Waals surface area (Å²) < 4.78 is 11.2. The van der Waals surface area contributed by atoms with Gasteiger partial charge in [-0.15, -0.1) is 0 Å². The predicted molar refractivity (Wildman–Crippen MR) is 102 cm³/mol. The van der Waals surface area contributed by atoms with Crippen LogP contribution in [0.15, 0.2) is 36.4 Å². The van der Waals surface area contributed by atoms with Gasteiger partial charge in [0, 0.05) is 19.5 Å². The first-order valence-corrected chi connectivity index (χ1v) is 9.39. The number of amides is 2. The number of morpholine rings is 1. The van der Waals surface area contributed by atoms with E-state index in [-0.39, 0.29) is 24.5 Å². The van der Waals surface area contributed by atoms with Crippen LogP contribution in [0.5, 0.6) is 5.75 Å². The van der Waals surface area contributed by atoms with Crippen LogP contribution in [0.4, 0.5) is 0 Å². The molecule has 0 bridgehead atoms. The maximum absolute atomic E-state index is 12.6. The molecule has 0 N–H and O–H groups in total. The number of benzene rings is 2. The summed E-state index contributed by atoms with van der Waals surface area (Å²) >= 11 is 0. The highest BCUT2D eigenvalue weighted by atomic mass is 16.5. The molecule has 0 unspecified atom stereocenters. The summed E-state index contributed by atoms with van der Waals surface area (Å²) in [6, 6.07) is 12.2. The summed E-state index contributed by atoms with van der Waals surface area (Å²) in [7, 11) is 1.66. The highest BCUT2D eigenvalue weighted by Crippen LogP contribution is 2.28. The zero-order valence-electron chi connectivity index (χ0n) is 15.5. The number of hydrogen-bond donors (Lipinski definition) is 0. The summed E-state index contributed by atoms with van der Waals surface area (Å²) in [5, 5.41) is 2.22. The summed E-state index contributed by atoms with van der Waals surface area (Å²) in [6.45, 7) is 2.46. The monoisotopic (exact) mass is 368 g/mol. The second-order valence-corrected chi connectivity index (χ2v) is 7.09. The number of carbonyl (C=O) groups excluding carboxylic acids is 2. The third kappa shape index (κ3) is 3.76. The van der Waals surface area contributed by atoms with Gasteiger partial charge in [0.05, 0.1) is 26.8 Å². The SMILES string of the molecule is COc1ccc2cc([C@H]3CN(C(=O)CN4CCCC4=O)CCO3)ccc2c1. The van der Waals surface area contributed by atoms with Gasteiger partial charge in [0.1, 0.15) is 11.9 Å². The molecule has 2 fully saturated rings. The van der Waals surface area contributed by atoms with Gasteiger partial charge in [-0.25, -0.2) is 0 Å². The number of fused-ring (bicyclic) bond motifs is 1. The van der Waals surface area contributed by atoms with E-state index in [9.17, 15) is 9.59 Å². The fraction of sp³-hybridized carbons (Fsp3) is 0.429. The molecule has 2 aromatic carbocycles. The van der Waals surface area contributed by atoms with Crippen LogP contribution >= 0.6 is 0 Å². The Labute approximate surface area is 158 Å². The van der Waals surface area contributed by atoms with Gasteiger partial charge in [0.25, 0.3) is 0 Å². The second kappa shape index (κ2) is 7.56. The van der Waals surface area contributed by atoms with E-state index in [1.54, 1.807) is 12.0 Å². The first-order valence-electron chi connectivity index (χ1n) is 9.39. The van der Waals surface area contributed by atoms with Crippen molar-refractivity contribution in [2.24, 2.45) is 0 Å². The largest absolute Gasteiger partial charge is 0.497 e. The molecule has 4 rings (SSSR count). The maximum Gasteiger partial charge on any atom is 0.242 e. The number of likely N-dealkylation sites (tertiary alicyclic amines) is 1. The molecule has 2 saturated heterocycles. The fourth-order valence-electron chi connectivity index (χ4n) is 3.78. The summed E-state index contributed by atoms with van der Waals surface area (Å²) in [5.41, 5.74) is 1.06. The summed E-state index contributed by atoms with van der Waals surface area (Å²) in [5.74, 6) is 0.916. The normalized spacial score (nSPS) is 20.3. The first kappa shape index (κ1) is 17.8. The van der Waals surface area contributed by atoms with Gasteiger partial charge in [-0.1, -0.05) is 18.2 Å². The van der Waals surface area contributed by atoms with Crippen molar-refractivity contribution < 1.29 is 19.1 Å². The van der Waals surface area contributed by atoms with Crippen molar-refractivity contribution in [3.63, 3.8) is 0 Å². The van der Waals surface area contributed by atoms with E-state index in [1.165, 1.54) is 0 Å². The lowest BCUT2D eigenvalue weighted by Crippen LogP contribution is -2.46. The quantitative estimate of drug-likeness (QED) is 0.831. The molecule has 0 aromatic heterocycles. The molecule has 27 heavy (non-hydrogen) atoms. The molecule has 2 amide bonds. The van der Waals surface area contributed by atoms with Crippen LogP contribution in [0.3, 0.4) is 0 Å². The van der Waals surface area contributed by atoms with E-state index in [4.69, 9.17) is 9.47 Å². The summed E-state index contributed by atoms with van der Waals surface area (Å²) in [6.07, 6.45) is 1.25. The van der Waals surface area contributed by atoms with Gasteiger partial charge in [-0.2, -0.15) is 0 Å². The molecule has 2 heterocycles. The van der Waals surface area contributed by atoms with Gasteiger partial charge >= 0.3 is 0 Å². The van der Waals surface area contributed by atoms with Crippen LogP contribution in [0.25, 0.3) is 10.8 Å². The lowest BCUT2D eigenvalue weighted by atomic mass is 10.0. The summed E-state index contributed by atoms with van der Waals surface area (Å²) in [4.78, 5) is 27.9. The maximum atomic E-state index is 12.6. The predicted octanol–water partition coefficient (Wildman–Crippen LogP) is 2.37. The van der Waals surface area contributed by atoms with Crippen molar-refractivity contribution in [1.82, 2.24) is 9.80 Å². The molecule has 142 valence electrons. The van der Waals surface area contributed by atoms with Crippen molar-refractivity contribution in [2.45, 2.75) is 18.9 Å². The van der Waals surface area contributed by atoms with Crippen molar-refractivity contribution in [1.29, 1.82) is 0 Å². The molecule has 2 aliphatic heterocycles. The Kier molecular flexibility index (Phi) is 4.99. The molecule has 2 aromatic rings. The van der Waals surface area contributed by atoms with Gasteiger partial charge in [0.15, 0.2) is 0 Å². The number of carbonyl (C=O) groups is 2. The van der Waals surface area contributed by atoms with Crippen LogP contribution in [0.2, 0.25) is 0 Å². The molecule has 0 saturated carbocycles. The Morgan fingerprint density at radius 3 is 2.78 bits per heavy atom. The Morgan fingerprint density at radius 1 is 1.19 bits per heavy atom. The molecule has 0 spiro atoms. The molecule has 0 radical (unpaired) electrons. The fourth-order valence-corrected chi connectivity index (χ4v) is 3.78. The van der Waals surface area contributed by atoms with Crippen molar-refractivity contribution in [3.8, 4) is 5.75 Å². The lowest BCUT2D eigenvalue weighted by molar-refractivity contribution is -0.143. The number of hydrogen-bond acceptors (Lipinski definition) is 4. The zero-order valence-corrected chi connectivity index (χ0v) is 15.5. The van der Waals surface area contributed by atoms with E-state index >= 15 is 0 Å². The number of nitrogens with zero attached hydrogens (tertiary/aromatic N) is 2. The van der Waals surface area contributed by atoms with Crippen molar-refractivity contribution in [2.75, 3.05) is 39.9 Å². The Hall–Kier alpha value is -2.60. The van der Waals surface area contributed by atoms with E-state index in [0.29, 0.717) is 32.7 Å². The van der Waals surface area contributed by atoms with Crippen LogP contribution in [-0.2, 0) is 14.3 Å². The number of rotatable bonds is 4. The molecule has 6 heteroatoms. The first-order chi connectivity index (χ1) is 13.1. The van der Waals surface area contributed by atoms with Crippen LogP contribution in [-0.4, -0.2) is 61.5 Å². The van der Waals surface area contributed by atoms with Crippen LogP contribution in [0.1, 0.15) is 24.5 Å². The second-order valence-electron chi connectivity index (χ2n) is 7.09. The Bertz CT molecular complexity index is 866. The standard InChI is InChI=1S/C21H24N2O4/c1-26-18-7-6-15-11-17(5-4-16(15)12-18)19-13-23(9-10-27-19)21(25)14-22-8-2-3-20(22)24/h4-7,11-12,19H,2-3,8-10,13-14H2,1H3/t19-/m1/s1. The molecular formula is C21H24N2O4. The number of ether oxygens (including phenoxy) is 2. The zero-order chi connectivity index (χ0) is 18.8. The molecule has 6 nitrogen and oxygen atoms in total. The van der Waals surface area contributed by atoms with E-state index < -0.39 is 0 Å². The minimum absolute atomic E-state index is 0.00377. The highest BCUT2D eigenvalue weighted by molar-refractivity contribution is 5.86. The molecule has 1 atom stereocenters. The average molecular weight is 368 g/mol. The van der Waals surface area contributed by atoms with Crippen molar-refractivity contribution in [3.05, 3.63) is 42.0 Å². The number of methoxy groups -OCH3 is 1. The van der Waals surface area contributed by atoms with Gasteiger partial charge in [-0.3, -0.25) is 9.59 Å². The Balaban J connectivity index is 1.46. The van der Waals surface area contributed by atoms with Crippen molar-refractivity contribution >= 4 is 22.6 Å². The van der Waals surface area contributed by atoms with Crippen LogP contribution in [0, 0.1) is 0 Å². The Morgan fingerprint density at radius 2 is 2.00 bits per heavy atom. The molecule has 0 aliphatic carbocycles. The van der Waals surface area contributed by atoms with Gasteiger partial charge in [0.2, 0.25) is 11.8 Å². The topological polar surface area (TPSA) is 59.1 Å². The third-order valence-corrected chi connectivity index (χ3v) is 5.36. The highest BCUT2D eigenvalue weighted by Gasteiger charge is 2.29. The lowest BCUT2D eigenvalue weighted by Gasteiger charge is -2.34. The minimum Gasteiger partial charge on any atom is -0.497 e. The minimum atomic E-state index is -0.150. The van der Waals surface area contributed by atoms with Gasteiger partial charge in [-0.05, 0) is 41.0 Å². The smallest absolute Gasteiger partial charge is 0.242 e. The van der Waals surface area contributed by atoms with Crippen LogP contribution < -0.4 is 4.74 Å². The molecular weight excluding hydrogens is 344 g/mol. The van der Waals surface area contributed by atoms with E-state index in [2.05, 4.69) is 12.1 Å². The van der Waals surface area contributed by atoms with E-state index in [0.717, 1.165) is 28.5 Å².